The minimum absolute atomic E-state index is 0. The maximum absolute atomic E-state index is 13.7. The molecule has 1 saturated heterocycles. The highest BCUT2D eigenvalue weighted by Gasteiger charge is 2.39. The Morgan fingerprint density at radius 2 is 2.05 bits per heavy atom. The van der Waals surface area contributed by atoms with E-state index >= 15 is 0 Å². The fourth-order valence-corrected chi connectivity index (χ4v) is 8.07. The number of carbonyl (C=O) groups is 2. The molecule has 5 heterocycles. The summed E-state index contributed by atoms with van der Waals surface area (Å²) in [4.78, 5) is 39.2. The number of H-pyrrole nitrogens is 1. The highest BCUT2D eigenvalue weighted by Crippen LogP contribution is 2.29. The number of aromatic amines is 1. The van der Waals surface area contributed by atoms with E-state index in [1.165, 1.54) is 21.9 Å². The van der Waals surface area contributed by atoms with Gasteiger partial charge in [0.05, 0.1) is 24.5 Å². The Bertz CT molecular complexity index is 1700. The molecular formula is C27H30Cl2N6O5S2. The zero-order valence-corrected chi connectivity index (χ0v) is 25.9. The van der Waals surface area contributed by atoms with Gasteiger partial charge < -0.3 is 24.5 Å². The molecule has 224 valence electrons. The van der Waals surface area contributed by atoms with Crippen molar-refractivity contribution in [3.63, 3.8) is 0 Å². The van der Waals surface area contributed by atoms with Crippen LogP contribution in [0.3, 0.4) is 0 Å². The normalized spacial score (nSPS) is 18.0. The van der Waals surface area contributed by atoms with Gasteiger partial charge in [0.2, 0.25) is 5.91 Å². The lowest BCUT2D eigenvalue weighted by Crippen LogP contribution is -2.57. The van der Waals surface area contributed by atoms with Gasteiger partial charge >= 0.3 is 0 Å². The Balaban J connectivity index is 0.00000353. The number of furan rings is 1. The second-order valence-corrected chi connectivity index (χ2v) is 13.7. The van der Waals surface area contributed by atoms with E-state index in [0.717, 1.165) is 30.1 Å². The van der Waals surface area contributed by atoms with Crippen LogP contribution in [0.4, 0.5) is 0 Å². The van der Waals surface area contributed by atoms with E-state index in [1.807, 2.05) is 7.05 Å². The number of nitrogens with one attached hydrogen (secondary N) is 2. The van der Waals surface area contributed by atoms with E-state index in [1.54, 1.807) is 41.3 Å². The average Bonchev–Trinajstić information content (AvgIpc) is 3.71. The number of piperazine rings is 1. The maximum atomic E-state index is 13.7. The first kappa shape index (κ1) is 30.5. The quantitative estimate of drug-likeness (QED) is 0.312. The topological polar surface area (TPSA) is 132 Å². The summed E-state index contributed by atoms with van der Waals surface area (Å²) in [6.45, 7) is 1.98. The summed E-state index contributed by atoms with van der Waals surface area (Å²) in [6.07, 6.45) is 2.22. The van der Waals surface area contributed by atoms with Gasteiger partial charge in [0.15, 0.2) is 5.01 Å². The number of hydrogen-bond acceptors (Lipinski definition) is 8. The number of halogens is 2. The molecule has 0 radical (unpaired) electrons. The number of likely N-dealkylation sites (N-methyl/N-ethyl adjacent to an activating group) is 1. The van der Waals surface area contributed by atoms with Crippen molar-refractivity contribution in [1.29, 1.82) is 0 Å². The number of aromatic nitrogens is 2. The van der Waals surface area contributed by atoms with Crippen LogP contribution in [0.15, 0.2) is 52.1 Å². The van der Waals surface area contributed by atoms with Crippen LogP contribution < -0.4 is 5.32 Å². The van der Waals surface area contributed by atoms with E-state index in [-0.39, 0.29) is 61.8 Å². The zero-order chi connectivity index (χ0) is 28.7. The molecule has 1 atom stereocenters. The Morgan fingerprint density at radius 3 is 2.83 bits per heavy atom. The fourth-order valence-electron chi connectivity index (χ4n) is 5.26. The van der Waals surface area contributed by atoms with Gasteiger partial charge in [-0.05, 0) is 43.4 Å². The summed E-state index contributed by atoms with van der Waals surface area (Å²) < 4.78 is 34.0. The molecule has 42 heavy (non-hydrogen) atoms. The number of nitrogens with zero attached hydrogens (tertiary/aromatic N) is 4. The van der Waals surface area contributed by atoms with Crippen molar-refractivity contribution < 1.29 is 22.4 Å². The van der Waals surface area contributed by atoms with Gasteiger partial charge in [0, 0.05) is 66.4 Å². The van der Waals surface area contributed by atoms with Gasteiger partial charge in [0.1, 0.15) is 10.8 Å². The van der Waals surface area contributed by atoms with Crippen molar-refractivity contribution in [3.05, 3.63) is 69.0 Å². The molecule has 1 aromatic carbocycles. The van der Waals surface area contributed by atoms with Crippen molar-refractivity contribution in [1.82, 2.24) is 29.4 Å². The number of sulfonamides is 1. The van der Waals surface area contributed by atoms with Crippen LogP contribution >= 0.6 is 35.3 Å². The molecule has 0 bridgehead atoms. The maximum Gasteiger partial charge on any atom is 0.283 e. The smallest absolute Gasteiger partial charge is 0.283 e. The molecule has 3 aromatic heterocycles. The Morgan fingerprint density at radius 1 is 1.21 bits per heavy atom. The van der Waals surface area contributed by atoms with Crippen LogP contribution in [0.5, 0.6) is 0 Å². The largest absolute Gasteiger partial charge is 0.467 e. The molecule has 6 rings (SSSR count). The molecule has 2 aliphatic rings. The number of benzene rings is 1. The molecule has 2 amide bonds. The molecule has 0 spiro atoms. The first-order valence-corrected chi connectivity index (χ1v) is 15.9. The summed E-state index contributed by atoms with van der Waals surface area (Å²) in [5.41, 5.74) is 1.58. The Hall–Kier alpha value is -2.94. The van der Waals surface area contributed by atoms with Crippen LogP contribution in [0.25, 0.3) is 10.9 Å². The van der Waals surface area contributed by atoms with Crippen LogP contribution in [0, 0.1) is 0 Å². The van der Waals surface area contributed by atoms with E-state index < -0.39 is 16.1 Å². The average molecular weight is 654 g/mol. The molecule has 2 N–H and O–H groups in total. The van der Waals surface area contributed by atoms with Gasteiger partial charge in [-0.1, -0.05) is 11.6 Å². The van der Waals surface area contributed by atoms with Gasteiger partial charge in [0.25, 0.3) is 15.9 Å². The monoisotopic (exact) mass is 652 g/mol. The molecule has 2 aliphatic heterocycles. The summed E-state index contributed by atoms with van der Waals surface area (Å²) in [6, 6.07) is 9.45. The predicted molar refractivity (Wildman–Crippen MR) is 161 cm³/mol. The molecule has 0 saturated carbocycles. The number of fused-ring (bicyclic) bond motifs is 2. The highest BCUT2D eigenvalue weighted by molar-refractivity contribution is 7.89. The van der Waals surface area contributed by atoms with Crippen molar-refractivity contribution in [2.24, 2.45) is 0 Å². The lowest BCUT2D eigenvalue weighted by molar-refractivity contribution is -0.122. The van der Waals surface area contributed by atoms with Gasteiger partial charge in [-0.25, -0.2) is 13.4 Å². The number of rotatable bonds is 7. The first-order valence-electron chi connectivity index (χ1n) is 13.2. The lowest BCUT2D eigenvalue weighted by atomic mass is 10.1. The number of carbonyl (C=O) groups excluding carboxylic acids is 2. The second-order valence-electron chi connectivity index (χ2n) is 10.3. The van der Waals surface area contributed by atoms with Crippen molar-refractivity contribution in [2.75, 3.05) is 33.2 Å². The molecular weight excluding hydrogens is 623 g/mol. The summed E-state index contributed by atoms with van der Waals surface area (Å²) in [7, 11) is -1.91. The van der Waals surface area contributed by atoms with E-state index in [2.05, 4.69) is 20.2 Å². The van der Waals surface area contributed by atoms with E-state index in [0.29, 0.717) is 26.7 Å². The third-order valence-corrected chi connectivity index (χ3v) is 10.5. The molecule has 11 nitrogen and oxygen atoms in total. The number of hydrogen-bond donors (Lipinski definition) is 2. The highest BCUT2D eigenvalue weighted by atomic mass is 35.5. The zero-order valence-electron chi connectivity index (χ0n) is 22.7. The van der Waals surface area contributed by atoms with Crippen molar-refractivity contribution in [3.8, 4) is 0 Å². The molecule has 0 aliphatic carbocycles. The number of thiazole rings is 1. The SMILES string of the molecule is CN1CCc2nc(C(=O)N3CCN(S(=O)(=O)c4cc5cc(Cl)ccc5[nH]4)CC3CC(=O)NCc3ccco3)sc2C1.Cl. The summed E-state index contributed by atoms with van der Waals surface area (Å²) in [5, 5.41) is 4.39. The summed E-state index contributed by atoms with van der Waals surface area (Å²) in [5.74, 6) is -0.00618. The van der Waals surface area contributed by atoms with Crippen LogP contribution in [-0.4, -0.2) is 83.6 Å². The third-order valence-electron chi connectivity index (χ3n) is 7.45. The fraction of sp³-hybridized carbons (Fsp3) is 0.370. The molecule has 15 heteroatoms. The van der Waals surface area contributed by atoms with Crippen molar-refractivity contribution in [2.45, 2.75) is 37.0 Å². The van der Waals surface area contributed by atoms with Gasteiger partial charge in [-0.2, -0.15) is 4.31 Å². The predicted octanol–water partition coefficient (Wildman–Crippen LogP) is 3.50. The molecule has 4 aromatic rings. The standard InChI is InChI=1S/C27H29ClN6O5S2.ClH/c1-32-7-6-22-23(16-32)40-26(31-22)27(36)34-9-8-33(15-19(34)13-24(35)29-14-20-3-2-10-39-20)41(37,38)25-12-17-11-18(28)4-5-21(17)30-25;/h2-5,10-12,19,30H,6-9,13-16H2,1H3,(H,29,35);1H. The summed E-state index contributed by atoms with van der Waals surface area (Å²) >= 11 is 7.46. The number of amides is 2. The molecule has 1 fully saturated rings. The lowest BCUT2D eigenvalue weighted by Gasteiger charge is -2.40. The minimum Gasteiger partial charge on any atom is -0.467 e. The van der Waals surface area contributed by atoms with Gasteiger partial charge in [-0.15, -0.1) is 23.7 Å². The van der Waals surface area contributed by atoms with Gasteiger partial charge in [-0.3, -0.25) is 9.59 Å². The van der Waals surface area contributed by atoms with Crippen molar-refractivity contribution >= 4 is 68.1 Å². The Kier molecular flexibility index (Phi) is 8.97. The third kappa shape index (κ3) is 6.21. The van der Waals surface area contributed by atoms with E-state index in [4.69, 9.17) is 16.0 Å². The van der Waals surface area contributed by atoms with Crippen LogP contribution in [0.2, 0.25) is 5.02 Å². The molecule has 1 unspecified atom stereocenters. The first-order chi connectivity index (χ1) is 19.7. The Labute approximate surface area is 258 Å². The van der Waals surface area contributed by atoms with Crippen LogP contribution in [-0.2, 0) is 34.3 Å². The van der Waals surface area contributed by atoms with Crippen LogP contribution in [0.1, 0.15) is 32.6 Å². The second kappa shape index (κ2) is 12.3. The minimum atomic E-state index is -3.94. The van der Waals surface area contributed by atoms with E-state index in [9.17, 15) is 18.0 Å².